The Hall–Kier alpha value is -0.0800. The molecule has 2 atom stereocenters. The molecule has 0 N–H and O–H groups in total. The van der Waals surface area contributed by atoms with Crippen molar-refractivity contribution in [3.8, 4) is 0 Å². The Balaban J connectivity index is 2.28. The maximum absolute atomic E-state index is 5.12. The predicted molar refractivity (Wildman–Crippen MR) is 39.5 cm³/mol. The molecule has 1 saturated heterocycles. The zero-order valence-electron chi connectivity index (χ0n) is 6.96. The summed E-state index contributed by atoms with van der Waals surface area (Å²) in [6.07, 6.45) is 2.79. The first-order valence-corrected chi connectivity index (χ1v) is 4.06. The van der Waals surface area contributed by atoms with Crippen molar-refractivity contribution < 1.29 is 9.78 Å². The molecule has 2 unspecified atom stereocenters. The van der Waals surface area contributed by atoms with Crippen molar-refractivity contribution in [3.05, 3.63) is 0 Å². The van der Waals surface area contributed by atoms with Gasteiger partial charge in [-0.1, -0.05) is 20.8 Å². The van der Waals surface area contributed by atoms with Gasteiger partial charge in [-0.2, -0.15) is 0 Å². The minimum absolute atomic E-state index is 0.324. The van der Waals surface area contributed by atoms with E-state index in [0.29, 0.717) is 18.1 Å². The molecule has 1 rings (SSSR count). The molecule has 0 saturated carbocycles. The quantitative estimate of drug-likeness (QED) is 0.553. The summed E-state index contributed by atoms with van der Waals surface area (Å²) in [5.74, 6) is 0.580. The fraction of sp³-hybridized carbons (Fsp3) is 1.00. The molecule has 2 heteroatoms. The molecule has 60 valence electrons. The first kappa shape index (κ1) is 8.02. The maximum atomic E-state index is 5.12. The first-order chi connectivity index (χ1) is 4.74. The van der Waals surface area contributed by atoms with Gasteiger partial charge in [0.15, 0.2) is 0 Å². The van der Waals surface area contributed by atoms with Crippen LogP contribution < -0.4 is 0 Å². The van der Waals surface area contributed by atoms with Crippen LogP contribution in [0.2, 0.25) is 0 Å². The van der Waals surface area contributed by atoms with Gasteiger partial charge in [0.25, 0.3) is 0 Å². The summed E-state index contributed by atoms with van der Waals surface area (Å²) in [5, 5.41) is 0. The Kier molecular flexibility index (Phi) is 2.69. The van der Waals surface area contributed by atoms with Crippen molar-refractivity contribution in [3.63, 3.8) is 0 Å². The molecule has 2 nitrogen and oxygen atoms in total. The lowest BCUT2D eigenvalue weighted by Gasteiger charge is -2.08. The van der Waals surface area contributed by atoms with Gasteiger partial charge in [-0.15, -0.1) is 0 Å². The Bertz CT molecular complexity index is 101. The normalized spacial score (nSPS) is 33.6. The molecular formula is C8H16O2. The standard InChI is InChI=1S/C8H16O2/c1-4-7-5-8(6(2)3)10-9-7/h6-8H,4-5H2,1-3H3. The van der Waals surface area contributed by atoms with E-state index in [1.165, 1.54) is 0 Å². The van der Waals surface area contributed by atoms with Gasteiger partial charge in [-0.05, 0) is 12.3 Å². The lowest BCUT2D eigenvalue weighted by atomic mass is 10.0. The third-order valence-corrected chi connectivity index (χ3v) is 2.01. The van der Waals surface area contributed by atoms with Gasteiger partial charge in [0.2, 0.25) is 0 Å². The van der Waals surface area contributed by atoms with Crippen molar-refractivity contribution in [1.82, 2.24) is 0 Å². The third-order valence-electron chi connectivity index (χ3n) is 2.01. The van der Waals surface area contributed by atoms with Crippen molar-refractivity contribution in [1.29, 1.82) is 0 Å². The van der Waals surface area contributed by atoms with E-state index in [1.807, 2.05) is 0 Å². The van der Waals surface area contributed by atoms with Gasteiger partial charge < -0.3 is 0 Å². The molecule has 1 aliphatic heterocycles. The molecule has 0 aromatic carbocycles. The molecule has 0 aromatic heterocycles. The van der Waals surface area contributed by atoms with Crippen LogP contribution in [0.3, 0.4) is 0 Å². The highest BCUT2D eigenvalue weighted by atomic mass is 17.2. The second-order valence-corrected chi connectivity index (χ2v) is 3.24. The van der Waals surface area contributed by atoms with Crippen LogP contribution in [0.15, 0.2) is 0 Å². The number of hydrogen-bond acceptors (Lipinski definition) is 2. The third kappa shape index (κ3) is 1.70. The summed E-state index contributed by atoms with van der Waals surface area (Å²) in [6.45, 7) is 6.44. The van der Waals surface area contributed by atoms with E-state index in [1.54, 1.807) is 0 Å². The van der Waals surface area contributed by atoms with Crippen molar-refractivity contribution in [2.24, 2.45) is 5.92 Å². The monoisotopic (exact) mass is 144 g/mol. The fourth-order valence-electron chi connectivity index (χ4n) is 1.11. The molecular weight excluding hydrogens is 128 g/mol. The fourth-order valence-corrected chi connectivity index (χ4v) is 1.11. The zero-order valence-corrected chi connectivity index (χ0v) is 6.96. The number of hydrogen-bond donors (Lipinski definition) is 0. The summed E-state index contributed by atoms with van der Waals surface area (Å²) in [5.41, 5.74) is 0. The molecule has 0 radical (unpaired) electrons. The van der Waals surface area contributed by atoms with Crippen molar-refractivity contribution in [2.75, 3.05) is 0 Å². The molecule has 1 heterocycles. The van der Waals surface area contributed by atoms with E-state index in [0.717, 1.165) is 12.8 Å². The van der Waals surface area contributed by atoms with Crippen LogP contribution in [0.1, 0.15) is 33.6 Å². The number of rotatable bonds is 2. The second kappa shape index (κ2) is 3.35. The smallest absolute Gasteiger partial charge is 0.0978 e. The van der Waals surface area contributed by atoms with E-state index < -0.39 is 0 Å². The molecule has 10 heavy (non-hydrogen) atoms. The first-order valence-electron chi connectivity index (χ1n) is 4.06. The Morgan fingerprint density at radius 1 is 1.40 bits per heavy atom. The van der Waals surface area contributed by atoms with Gasteiger partial charge in [0.1, 0.15) is 0 Å². The summed E-state index contributed by atoms with van der Waals surface area (Å²) in [7, 11) is 0. The average Bonchev–Trinajstić information content (AvgIpc) is 2.34. The van der Waals surface area contributed by atoms with E-state index in [2.05, 4.69) is 20.8 Å². The second-order valence-electron chi connectivity index (χ2n) is 3.24. The van der Waals surface area contributed by atoms with E-state index in [4.69, 9.17) is 9.78 Å². The van der Waals surface area contributed by atoms with Crippen LogP contribution in [-0.2, 0) is 9.78 Å². The van der Waals surface area contributed by atoms with Gasteiger partial charge in [0.05, 0.1) is 12.2 Å². The highest BCUT2D eigenvalue weighted by molar-refractivity contribution is 4.70. The minimum atomic E-state index is 0.324. The van der Waals surface area contributed by atoms with Crippen LogP contribution in [-0.4, -0.2) is 12.2 Å². The van der Waals surface area contributed by atoms with Gasteiger partial charge in [-0.25, -0.2) is 9.78 Å². The van der Waals surface area contributed by atoms with Crippen LogP contribution in [0.25, 0.3) is 0 Å². The minimum Gasteiger partial charge on any atom is -0.233 e. The Labute approximate surface area is 62.4 Å². The molecule has 0 aliphatic carbocycles. The Morgan fingerprint density at radius 2 is 2.10 bits per heavy atom. The predicted octanol–water partition coefficient (Wildman–Crippen LogP) is 2.14. The van der Waals surface area contributed by atoms with Crippen molar-refractivity contribution >= 4 is 0 Å². The lowest BCUT2D eigenvalue weighted by molar-refractivity contribution is -0.302. The van der Waals surface area contributed by atoms with Crippen LogP contribution >= 0.6 is 0 Å². The molecule has 0 spiro atoms. The molecule has 0 aromatic rings. The van der Waals surface area contributed by atoms with Crippen LogP contribution in [0.5, 0.6) is 0 Å². The topological polar surface area (TPSA) is 18.5 Å². The summed E-state index contributed by atoms with van der Waals surface area (Å²) >= 11 is 0. The molecule has 1 aliphatic rings. The Morgan fingerprint density at radius 3 is 2.40 bits per heavy atom. The average molecular weight is 144 g/mol. The summed E-state index contributed by atoms with van der Waals surface area (Å²) in [6, 6.07) is 0. The SMILES string of the molecule is CCC1CC(C(C)C)OO1. The van der Waals surface area contributed by atoms with Crippen LogP contribution in [0.4, 0.5) is 0 Å². The van der Waals surface area contributed by atoms with E-state index in [-0.39, 0.29) is 0 Å². The largest absolute Gasteiger partial charge is 0.233 e. The van der Waals surface area contributed by atoms with E-state index >= 15 is 0 Å². The lowest BCUT2D eigenvalue weighted by Crippen LogP contribution is -2.13. The van der Waals surface area contributed by atoms with Gasteiger partial charge >= 0.3 is 0 Å². The van der Waals surface area contributed by atoms with E-state index in [9.17, 15) is 0 Å². The highest BCUT2D eigenvalue weighted by Gasteiger charge is 2.27. The molecule has 0 amide bonds. The summed E-state index contributed by atoms with van der Waals surface area (Å²) in [4.78, 5) is 10.2. The summed E-state index contributed by atoms with van der Waals surface area (Å²) < 4.78 is 0. The molecule has 0 bridgehead atoms. The highest BCUT2D eigenvalue weighted by Crippen LogP contribution is 2.24. The maximum Gasteiger partial charge on any atom is 0.0978 e. The van der Waals surface area contributed by atoms with Gasteiger partial charge in [-0.3, -0.25) is 0 Å². The molecule has 1 fully saturated rings. The zero-order chi connectivity index (χ0) is 7.56. The van der Waals surface area contributed by atoms with Crippen molar-refractivity contribution in [2.45, 2.75) is 45.8 Å². The van der Waals surface area contributed by atoms with Gasteiger partial charge in [0, 0.05) is 6.42 Å². The van der Waals surface area contributed by atoms with Crippen LogP contribution in [0, 0.1) is 5.92 Å².